The van der Waals surface area contributed by atoms with Gasteiger partial charge >= 0.3 is 0 Å². The molecular formula is C28H36N6O2. The van der Waals surface area contributed by atoms with E-state index in [1.165, 1.54) is 30.4 Å². The van der Waals surface area contributed by atoms with Crippen LogP contribution in [0.4, 0.5) is 0 Å². The van der Waals surface area contributed by atoms with Gasteiger partial charge in [-0.2, -0.15) is 0 Å². The van der Waals surface area contributed by atoms with Crippen molar-refractivity contribution in [3.63, 3.8) is 0 Å². The van der Waals surface area contributed by atoms with Crippen molar-refractivity contribution in [1.82, 2.24) is 30.1 Å². The number of benzene rings is 1. The van der Waals surface area contributed by atoms with E-state index in [9.17, 15) is 4.79 Å². The van der Waals surface area contributed by atoms with Crippen LogP contribution in [0.25, 0.3) is 10.9 Å². The number of tetrazole rings is 1. The third-order valence-electron chi connectivity index (χ3n) is 7.63. The number of fused-ring (bicyclic) bond motifs is 1. The van der Waals surface area contributed by atoms with E-state index < -0.39 is 0 Å². The first kappa shape index (κ1) is 24.4. The molecule has 1 saturated carbocycles. The standard InChI is InChI=1S/C28H36N6O2/c1-18(2)26(27-30-31-32-34(27)17-24-11-8-12-36-24)33(23-9-6-5-7-10-23)16-22-15-21-13-19(3)20(4)14-25(21)29-28(22)35/h8,11-15,18,23,26H,5-7,9-10,16-17H2,1-4H3,(H,29,35). The Morgan fingerprint density at radius 1 is 1.14 bits per heavy atom. The molecule has 0 radical (unpaired) electrons. The van der Waals surface area contributed by atoms with E-state index in [2.05, 4.69) is 71.3 Å². The summed E-state index contributed by atoms with van der Waals surface area (Å²) in [5.74, 6) is 1.88. The maximum Gasteiger partial charge on any atom is 0.252 e. The molecule has 1 aliphatic carbocycles. The quantitative estimate of drug-likeness (QED) is 0.362. The number of aryl methyl sites for hydroxylation is 2. The third-order valence-corrected chi connectivity index (χ3v) is 7.63. The van der Waals surface area contributed by atoms with Crippen molar-refractivity contribution < 1.29 is 4.42 Å². The van der Waals surface area contributed by atoms with Crippen LogP contribution in [0.1, 0.15) is 80.3 Å². The van der Waals surface area contributed by atoms with Gasteiger partial charge in [-0.15, -0.1) is 5.10 Å². The van der Waals surface area contributed by atoms with Gasteiger partial charge in [0, 0.05) is 23.7 Å². The summed E-state index contributed by atoms with van der Waals surface area (Å²) in [4.78, 5) is 18.9. The highest BCUT2D eigenvalue weighted by Crippen LogP contribution is 2.35. The van der Waals surface area contributed by atoms with Crippen LogP contribution in [-0.2, 0) is 13.1 Å². The van der Waals surface area contributed by atoms with Crippen LogP contribution in [0, 0.1) is 19.8 Å². The van der Waals surface area contributed by atoms with Gasteiger partial charge in [0.15, 0.2) is 5.82 Å². The summed E-state index contributed by atoms with van der Waals surface area (Å²) in [5.41, 5.74) is 4.05. The largest absolute Gasteiger partial charge is 0.467 e. The number of hydrogen-bond acceptors (Lipinski definition) is 6. The highest BCUT2D eigenvalue weighted by molar-refractivity contribution is 5.80. The fraction of sp³-hybridized carbons (Fsp3) is 0.500. The molecule has 0 amide bonds. The van der Waals surface area contributed by atoms with Crippen molar-refractivity contribution in [2.75, 3.05) is 0 Å². The monoisotopic (exact) mass is 488 g/mol. The predicted molar refractivity (Wildman–Crippen MR) is 140 cm³/mol. The number of pyridine rings is 1. The van der Waals surface area contributed by atoms with Crippen molar-refractivity contribution >= 4 is 10.9 Å². The van der Waals surface area contributed by atoms with Crippen molar-refractivity contribution in [2.45, 2.75) is 85.0 Å². The van der Waals surface area contributed by atoms with Crippen LogP contribution in [0.2, 0.25) is 0 Å². The molecule has 1 N–H and O–H groups in total. The first-order chi connectivity index (χ1) is 17.4. The Morgan fingerprint density at radius 3 is 2.64 bits per heavy atom. The summed E-state index contributed by atoms with van der Waals surface area (Å²) >= 11 is 0. The molecule has 1 unspecified atom stereocenters. The van der Waals surface area contributed by atoms with Gasteiger partial charge < -0.3 is 9.40 Å². The fourth-order valence-electron chi connectivity index (χ4n) is 5.62. The molecular weight excluding hydrogens is 452 g/mol. The Labute approximate surface area is 211 Å². The lowest BCUT2D eigenvalue weighted by Gasteiger charge is -2.41. The minimum Gasteiger partial charge on any atom is -0.467 e. The van der Waals surface area contributed by atoms with Gasteiger partial charge in [-0.3, -0.25) is 9.69 Å². The Hall–Kier alpha value is -3.26. The molecule has 190 valence electrons. The maximum atomic E-state index is 13.3. The molecule has 5 rings (SSSR count). The summed E-state index contributed by atoms with van der Waals surface area (Å²) in [7, 11) is 0. The number of nitrogens with zero attached hydrogens (tertiary/aromatic N) is 5. The zero-order valence-electron chi connectivity index (χ0n) is 21.7. The molecule has 0 saturated heterocycles. The Bertz CT molecular complexity index is 1360. The van der Waals surface area contributed by atoms with Crippen LogP contribution < -0.4 is 5.56 Å². The van der Waals surface area contributed by atoms with E-state index in [-0.39, 0.29) is 17.5 Å². The third kappa shape index (κ3) is 5.00. The summed E-state index contributed by atoms with van der Waals surface area (Å²) in [6.45, 7) is 9.64. The zero-order valence-corrected chi connectivity index (χ0v) is 21.7. The maximum absolute atomic E-state index is 13.3. The molecule has 4 aromatic rings. The summed E-state index contributed by atoms with van der Waals surface area (Å²) in [6, 6.07) is 10.4. The lowest BCUT2D eigenvalue weighted by molar-refractivity contribution is 0.0610. The number of aromatic nitrogens is 5. The first-order valence-corrected chi connectivity index (χ1v) is 13.1. The normalized spacial score (nSPS) is 15.8. The van der Waals surface area contributed by atoms with Crippen molar-refractivity contribution in [3.05, 3.63) is 75.2 Å². The van der Waals surface area contributed by atoms with E-state index in [4.69, 9.17) is 4.42 Å². The average Bonchev–Trinajstić information content (AvgIpc) is 3.53. The van der Waals surface area contributed by atoms with E-state index in [1.54, 1.807) is 6.26 Å². The molecule has 8 nitrogen and oxygen atoms in total. The SMILES string of the molecule is Cc1cc2cc(CN(C3CCCCC3)C(c3nnnn3Cc3ccco3)C(C)C)c(=O)[nH]c2cc1C. The van der Waals surface area contributed by atoms with Gasteiger partial charge in [-0.25, -0.2) is 4.68 Å². The van der Waals surface area contributed by atoms with Crippen LogP contribution >= 0.6 is 0 Å². The molecule has 0 aliphatic heterocycles. The zero-order chi connectivity index (χ0) is 25.2. The van der Waals surface area contributed by atoms with Crippen molar-refractivity contribution in [1.29, 1.82) is 0 Å². The van der Waals surface area contributed by atoms with Gasteiger partial charge in [0.05, 0.1) is 12.3 Å². The van der Waals surface area contributed by atoms with Crippen LogP contribution in [0.15, 0.2) is 45.8 Å². The Morgan fingerprint density at radius 2 is 1.92 bits per heavy atom. The van der Waals surface area contributed by atoms with Gasteiger partial charge in [-0.05, 0) is 89.9 Å². The highest BCUT2D eigenvalue weighted by atomic mass is 16.3. The second-order valence-corrected chi connectivity index (χ2v) is 10.6. The van der Waals surface area contributed by atoms with Crippen LogP contribution in [0.5, 0.6) is 0 Å². The molecule has 1 aliphatic rings. The lowest BCUT2D eigenvalue weighted by Crippen LogP contribution is -2.43. The van der Waals surface area contributed by atoms with Gasteiger partial charge in [0.25, 0.3) is 5.56 Å². The second-order valence-electron chi connectivity index (χ2n) is 10.6. The number of rotatable bonds is 8. The lowest BCUT2D eigenvalue weighted by atomic mass is 9.90. The molecule has 1 fully saturated rings. The molecule has 1 atom stereocenters. The summed E-state index contributed by atoms with van der Waals surface area (Å²) < 4.78 is 7.42. The van der Waals surface area contributed by atoms with Crippen LogP contribution in [-0.4, -0.2) is 36.1 Å². The molecule has 3 heterocycles. The predicted octanol–water partition coefficient (Wildman–Crippen LogP) is 5.30. The minimum absolute atomic E-state index is 0.0238. The molecule has 0 spiro atoms. The van der Waals surface area contributed by atoms with Gasteiger partial charge in [0.2, 0.25) is 0 Å². The summed E-state index contributed by atoms with van der Waals surface area (Å²) in [5, 5.41) is 13.9. The molecule has 0 bridgehead atoms. The molecule has 3 aromatic heterocycles. The first-order valence-electron chi connectivity index (χ1n) is 13.1. The number of furan rings is 1. The van der Waals surface area contributed by atoms with E-state index in [0.29, 0.717) is 19.1 Å². The second kappa shape index (κ2) is 10.4. The van der Waals surface area contributed by atoms with Gasteiger partial charge in [-0.1, -0.05) is 33.1 Å². The van der Waals surface area contributed by atoms with Gasteiger partial charge in [0.1, 0.15) is 12.3 Å². The molecule has 8 heteroatoms. The number of hydrogen-bond donors (Lipinski definition) is 1. The van der Waals surface area contributed by atoms with E-state index in [0.717, 1.165) is 40.9 Å². The Kier molecular flexibility index (Phi) is 7.05. The minimum atomic E-state index is -0.0343. The highest BCUT2D eigenvalue weighted by Gasteiger charge is 2.35. The number of nitrogens with one attached hydrogen (secondary N) is 1. The van der Waals surface area contributed by atoms with E-state index >= 15 is 0 Å². The van der Waals surface area contributed by atoms with Crippen molar-refractivity contribution in [2.24, 2.45) is 5.92 Å². The summed E-state index contributed by atoms with van der Waals surface area (Å²) in [6.07, 6.45) is 7.58. The Balaban J connectivity index is 1.55. The average molecular weight is 489 g/mol. The smallest absolute Gasteiger partial charge is 0.252 e. The number of H-pyrrole nitrogens is 1. The fourth-order valence-corrected chi connectivity index (χ4v) is 5.62. The van der Waals surface area contributed by atoms with E-state index in [1.807, 2.05) is 16.8 Å². The molecule has 1 aromatic carbocycles. The topological polar surface area (TPSA) is 92.8 Å². The molecule has 36 heavy (non-hydrogen) atoms. The van der Waals surface area contributed by atoms with Crippen molar-refractivity contribution in [3.8, 4) is 0 Å². The number of aromatic amines is 1. The van der Waals surface area contributed by atoms with Crippen LogP contribution in [0.3, 0.4) is 0 Å².